The highest BCUT2D eigenvalue weighted by Crippen LogP contribution is 2.42. The number of aliphatic hydroxyl groups is 1. The Balaban J connectivity index is 1.82. The van der Waals surface area contributed by atoms with E-state index in [0.717, 1.165) is 22.5 Å². The average Bonchev–Trinajstić information content (AvgIpc) is 3.03. The molecule has 0 aliphatic carbocycles. The number of furan rings is 1. The molecule has 138 valence electrons. The molecule has 0 amide bonds. The molecule has 0 saturated carbocycles. The van der Waals surface area contributed by atoms with Gasteiger partial charge < -0.3 is 14.8 Å². The zero-order chi connectivity index (χ0) is 18.9. The molecule has 0 bridgehead atoms. The van der Waals surface area contributed by atoms with Crippen LogP contribution < -0.4 is 5.32 Å². The molecule has 8 heteroatoms. The summed E-state index contributed by atoms with van der Waals surface area (Å²) in [5.41, 5.74) is -2.36. The van der Waals surface area contributed by atoms with Crippen LogP contribution in [0.5, 0.6) is 0 Å². The molecule has 0 saturated heterocycles. The predicted molar refractivity (Wildman–Crippen MR) is 90.8 cm³/mol. The van der Waals surface area contributed by atoms with Gasteiger partial charge in [0, 0.05) is 23.7 Å². The maximum Gasteiger partial charge on any atom is 0.424 e. The second-order valence-electron chi connectivity index (χ2n) is 6.12. The first-order valence-electron chi connectivity index (χ1n) is 8.04. The number of nitrogens with zero attached hydrogens (tertiary/aromatic N) is 2. The molecular formula is C18H18F3N3O2. The van der Waals surface area contributed by atoms with Crippen molar-refractivity contribution in [2.75, 3.05) is 11.9 Å². The van der Waals surface area contributed by atoms with E-state index in [0.29, 0.717) is 11.6 Å². The Morgan fingerprint density at radius 2 is 1.73 bits per heavy atom. The van der Waals surface area contributed by atoms with Crippen molar-refractivity contribution in [2.45, 2.75) is 32.0 Å². The summed E-state index contributed by atoms with van der Waals surface area (Å²) in [6.07, 6.45) is -5.51. The number of alkyl halides is 3. The van der Waals surface area contributed by atoms with Crippen molar-refractivity contribution in [2.24, 2.45) is 0 Å². The molecule has 0 aliphatic rings. The quantitative estimate of drug-likeness (QED) is 0.713. The van der Waals surface area contributed by atoms with Crippen LogP contribution in [0.15, 0.2) is 40.8 Å². The van der Waals surface area contributed by atoms with Crippen LogP contribution in [-0.2, 0) is 5.60 Å². The number of halogens is 3. The molecule has 3 rings (SSSR count). The van der Waals surface area contributed by atoms with Gasteiger partial charge in [0.15, 0.2) is 5.82 Å². The van der Waals surface area contributed by atoms with E-state index in [2.05, 4.69) is 15.5 Å². The Morgan fingerprint density at radius 3 is 2.35 bits per heavy atom. The standard InChI is InChI=1S/C18H18F3N3O2/c1-11-7-8-15(26-11)17(25,18(19,20)21)9-10-22-16-14-6-4-3-5-13(14)12(2)23-24-16/h3-8,25H,9-10H2,1-2H3,(H,22,24). The highest BCUT2D eigenvalue weighted by molar-refractivity contribution is 5.92. The molecule has 2 aromatic heterocycles. The van der Waals surface area contributed by atoms with Gasteiger partial charge in [-0.15, -0.1) is 5.10 Å². The van der Waals surface area contributed by atoms with Crippen molar-refractivity contribution in [3.8, 4) is 0 Å². The van der Waals surface area contributed by atoms with Crippen LogP contribution in [0.2, 0.25) is 0 Å². The highest BCUT2D eigenvalue weighted by Gasteiger charge is 2.56. The summed E-state index contributed by atoms with van der Waals surface area (Å²) in [5.74, 6) is 0.140. The lowest BCUT2D eigenvalue weighted by Crippen LogP contribution is -2.43. The molecule has 3 aromatic rings. The minimum Gasteiger partial charge on any atom is -0.463 e. The Hall–Kier alpha value is -2.61. The number of aryl methyl sites for hydroxylation is 2. The third kappa shape index (κ3) is 3.24. The highest BCUT2D eigenvalue weighted by atomic mass is 19.4. The lowest BCUT2D eigenvalue weighted by molar-refractivity contribution is -0.274. The van der Waals surface area contributed by atoms with Gasteiger partial charge in [-0.25, -0.2) is 0 Å². The van der Waals surface area contributed by atoms with Gasteiger partial charge in [-0.1, -0.05) is 24.3 Å². The van der Waals surface area contributed by atoms with Gasteiger partial charge in [0.1, 0.15) is 11.5 Å². The SMILES string of the molecule is Cc1ccc(C(O)(CCNc2nnc(C)c3ccccc23)C(F)(F)F)o1. The minimum atomic E-state index is -4.88. The van der Waals surface area contributed by atoms with E-state index in [1.54, 1.807) is 6.92 Å². The topological polar surface area (TPSA) is 71.2 Å². The lowest BCUT2D eigenvalue weighted by atomic mass is 9.95. The lowest BCUT2D eigenvalue weighted by Gasteiger charge is -2.28. The third-order valence-corrected chi connectivity index (χ3v) is 4.27. The monoisotopic (exact) mass is 365 g/mol. The van der Waals surface area contributed by atoms with E-state index in [1.165, 1.54) is 13.0 Å². The summed E-state index contributed by atoms with van der Waals surface area (Å²) in [6, 6.07) is 9.87. The van der Waals surface area contributed by atoms with Crippen molar-refractivity contribution < 1.29 is 22.7 Å². The number of aromatic nitrogens is 2. The molecule has 0 radical (unpaired) electrons. The van der Waals surface area contributed by atoms with E-state index in [4.69, 9.17) is 4.42 Å². The van der Waals surface area contributed by atoms with E-state index in [1.807, 2.05) is 24.3 Å². The van der Waals surface area contributed by atoms with E-state index >= 15 is 0 Å². The van der Waals surface area contributed by atoms with Gasteiger partial charge in [0.2, 0.25) is 5.60 Å². The summed E-state index contributed by atoms with van der Waals surface area (Å²) in [5, 5.41) is 22.8. The first-order valence-corrected chi connectivity index (χ1v) is 8.04. The van der Waals surface area contributed by atoms with Crippen molar-refractivity contribution in [3.05, 3.63) is 53.6 Å². The summed E-state index contributed by atoms with van der Waals surface area (Å²) < 4.78 is 45.4. The molecule has 2 N–H and O–H groups in total. The van der Waals surface area contributed by atoms with Crippen LogP contribution >= 0.6 is 0 Å². The number of anilines is 1. The molecular weight excluding hydrogens is 347 g/mol. The maximum atomic E-state index is 13.5. The zero-order valence-corrected chi connectivity index (χ0v) is 14.3. The van der Waals surface area contributed by atoms with Gasteiger partial charge in [0.05, 0.1) is 5.69 Å². The smallest absolute Gasteiger partial charge is 0.424 e. The largest absolute Gasteiger partial charge is 0.463 e. The van der Waals surface area contributed by atoms with Crippen LogP contribution in [-0.4, -0.2) is 28.0 Å². The molecule has 1 aromatic carbocycles. The summed E-state index contributed by atoms with van der Waals surface area (Å²) >= 11 is 0. The summed E-state index contributed by atoms with van der Waals surface area (Å²) in [6.45, 7) is 3.16. The van der Waals surface area contributed by atoms with Crippen molar-refractivity contribution in [1.82, 2.24) is 10.2 Å². The van der Waals surface area contributed by atoms with Crippen LogP contribution in [0.25, 0.3) is 10.8 Å². The fraction of sp³-hybridized carbons (Fsp3) is 0.333. The van der Waals surface area contributed by atoms with E-state index in [9.17, 15) is 18.3 Å². The molecule has 0 fully saturated rings. The van der Waals surface area contributed by atoms with Gasteiger partial charge in [-0.3, -0.25) is 0 Å². The van der Waals surface area contributed by atoms with Gasteiger partial charge in [-0.2, -0.15) is 18.3 Å². The molecule has 26 heavy (non-hydrogen) atoms. The molecule has 1 unspecified atom stereocenters. The maximum absolute atomic E-state index is 13.5. The Bertz CT molecular complexity index is 923. The number of nitrogens with one attached hydrogen (secondary N) is 1. The molecule has 0 aliphatic heterocycles. The zero-order valence-electron chi connectivity index (χ0n) is 14.3. The van der Waals surface area contributed by atoms with Crippen molar-refractivity contribution in [3.63, 3.8) is 0 Å². The number of fused-ring (bicyclic) bond motifs is 1. The third-order valence-electron chi connectivity index (χ3n) is 4.27. The second kappa shape index (κ2) is 6.60. The van der Waals surface area contributed by atoms with E-state index in [-0.39, 0.29) is 6.54 Å². The van der Waals surface area contributed by atoms with Crippen molar-refractivity contribution >= 4 is 16.6 Å². The Morgan fingerprint density at radius 1 is 1.04 bits per heavy atom. The van der Waals surface area contributed by atoms with Crippen LogP contribution in [0.3, 0.4) is 0 Å². The second-order valence-corrected chi connectivity index (χ2v) is 6.12. The molecule has 1 atom stereocenters. The summed E-state index contributed by atoms with van der Waals surface area (Å²) in [7, 11) is 0. The Labute approximate surface area is 147 Å². The fourth-order valence-corrected chi connectivity index (χ4v) is 2.79. The normalized spacial score (nSPS) is 14.4. The van der Waals surface area contributed by atoms with Crippen molar-refractivity contribution in [1.29, 1.82) is 0 Å². The molecule has 0 spiro atoms. The molecule has 2 heterocycles. The number of hydrogen-bond donors (Lipinski definition) is 2. The fourth-order valence-electron chi connectivity index (χ4n) is 2.79. The van der Waals surface area contributed by atoms with E-state index < -0.39 is 24.0 Å². The number of hydrogen-bond acceptors (Lipinski definition) is 5. The first kappa shape index (κ1) is 18.2. The number of benzene rings is 1. The predicted octanol–water partition coefficient (Wildman–Crippen LogP) is 4.09. The van der Waals surface area contributed by atoms with Gasteiger partial charge >= 0.3 is 6.18 Å². The van der Waals surface area contributed by atoms with Gasteiger partial charge in [0.25, 0.3) is 0 Å². The minimum absolute atomic E-state index is 0.169. The average molecular weight is 365 g/mol. The van der Waals surface area contributed by atoms with Crippen LogP contribution in [0, 0.1) is 13.8 Å². The van der Waals surface area contributed by atoms with Crippen LogP contribution in [0.1, 0.15) is 23.6 Å². The summed E-state index contributed by atoms with van der Waals surface area (Å²) in [4.78, 5) is 0. The van der Waals surface area contributed by atoms with Crippen LogP contribution in [0.4, 0.5) is 19.0 Å². The first-order chi connectivity index (χ1) is 12.2. The Kier molecular flexibility index (Phi) is 4.62. The van der Waals surface area contributed by atoms with Gasteiger partial charge in [-0.05, 0) is 26.0 Å². The molecule has 5 nitrogen and oxygen atoms in total. The number of rotatable bonds is 5.